The highest BCUT2D eigenvalue weighted by atomic mass is 35.5. The van der Waals surface area contributed by atoms with E-state index >= 15 is 0 Å². The fraction of sp³-hybridized carbons (Fsp3) is 0.556. The minimum Gasteiger partial charge on any atom is -0.375 e. The van der Waals surface area contributed by atoms with Crippen LogP contribution in [0.5, 0.6) is 0 Å². The maximum atomic E-state index is 6.29. The van der Waals surface area contributed by atoms with Gasteiger partial charge in [0.25, 0.3) is 0 Å². The standard InChI is InChI=1S/C18H23ClN4OS/c1-22-17(13-6-7-13)20-21-18(22)25-12-15-11-23(8-9-24-15)10-14-4-2-3-5-16(14)19/h2-5,13,15H,6-12H2,1H3/t15-/m0/s1. The smallest absolute Gasteiger partial charge is 0.191 e. The van der Waals surface area contributed by atoms with Crippen molar-refractivity contribution in [3.8, 4) is 0 Å². The highest BCUT2D eigenvalue weighted by Gasteiger charge is 2.29. The first-order valence-corrected chi connectivity index (χ1v) is 10.2. The van der Waals surface area contributed by atoms with E-state index in [0.29, 0.717) is 5.92 Å². The van der Waals surface area contributed by atoms with Gasteiger partial charge in [-0.2, -0.15) is 0 Å². The molecule has 1 aromatic heterocycles. The highest BCUT2D eigenvalue weighted by Crippen LogP contribution is 2.39. The van der Waals surface area contributed by atoms with Crippen molar-refractivity contribution < 1.29 is 4.74 Å². The lowest BCUT2D eigenvalue weighted by Crippen LogP contribution is -2.43. The molecule has 2 aromatic rings. The Labute approximate surface area is 157 Å². The minimum atomic E-state index is 0.210. The van der Waals surface area contributed by atoms with Crippen LogP contribution in [0.3, 0.4) is 0 Å². The lowest BCUT2D eigenvalue weighted by molar-refractivity contribution is -0.0187. The molecule has 2 aliphatic rings. The van der Waals surface area contributed by atoms with Gasteiger partial charge in [0, 0.05) is 43.4 Å². The molecule has 4 rings (SSSR count). The summed E-state index contributed by atoms with van der Waals surface area (Å²) in [5.74, 6) is 2.66. The average Bonchev–Trinajstić information content (AvgIpc) is 3.39. The predicted octanol–water partition coefficient (Wildman–Crippen LogP) is 3.34. The first kappa shape index (κ1) is 17.3. The van der Waals surface area contributed by atoms with Gasteiger partial charge in [-0.3, -0.25) is 4.90 Å². The minimum absolute atomic E-state index is 0.210. The van der Waals surface area contributed by atoms with Gasteiger partial charge < -0.3 is 9.30 Å². The van der Waals surface area contributed by atoms with Crippen molar-refractivity contribution in [2.75, 3.05) is 25.4 Å². The second-order valence-corrected chi connectivity index (χ2v) is 8.20. The van der Waals surface area contributed by atoms with Crippen LogP contribution >= 0.6 is 23.4 Å². The second-order valence-electron chi connectivity index (χ2n) is 6.80. The lowest BCUT2D eigenvalue weighted by Gasteiger charge is -2.32. The van der Waals surface area contributed by atoms with Crippen LogP contribution < -0.4 is 0 Å². The summed E-state index contributed by atoms with van der Waals surface area (Å²) in [6.07, 6.45) is 2.71. The Balaban J connectivity index is 1.31. The summed E-state index contributed by atoms with van der Waals surface area (Å²) in [7, 11) is 2.07. The van der Waals surface area contributed by atoms with Gasteiger partial charge in [0.05, 0.1) is 12.7 Å². The number of nitrogens with zero attached hydrogens (tertiary/aromatic N) is 4. The number of benzene rings is 1. The third-order valence-corrected chi connectivity index (χ3v) is 6.30. The number of hydrogen-bond donors (Lipinski definition) is 0. The van der Waals surface area contributed by atoms with E-state index in [1.54, 1.807) is 11.8 Å². The molecule has 25 heavy (non-hydrogen) atoms. The zero-order valence-electron chi connectivity index (χ0n) is 14.4. The van der Waals surface area contributed by atoms with Crippen molar-refractivity contribution in [1.29, 1.82) is 0 Å². The Morgan fingerprint density at radius 2 is 2.12 bits per heavy atom. The number of aromatic nitrogens is 3. The zero-order valence-corrected chi connectivity index (χ0v) is 16.0. The number of halogens is 1. The third kappa shape index (κ3) is 4.19. The summed E-state index contributed by atoms with van der Waals surface area (Å²) >= 11 is 8.03. The molecule has 2 fully saturated rings. The maximum absolute atomic E-state index is 6.29. The molecule has 0 unspecified atom stereocenters. The van der Waals surface area contributed by atoms with Gasteiger partial charge in [-0.25, -0.2) is 0 Å². The first-order valence-electron chi connectivity index (χ1n) is 8.80. The van der Waals surface area contributed by atoms with Gasteiger partial charge in [0.2, 0.25) is 0 Å². The van der Waals surface area contributed by atoms with Crippen molar-refractivity contribution in [3.05, 3.63) is 40.7 Å². The molecule has 1 aromatic carbocycles. The molecule has 7 heteroatoms. The number of thioether (sulfide) groups is 1. The summed E-state index contributed by atoms with van der Waals surface area (Å²) in [6, 6.07) is 8.07. The summed E-state index contributed by atoms with van der Waals surface area (Å²) < 4.78 is 8.10. The average molecular weight is 379 g/mol. The summed E-state index contributed by atoms with van der Waals surface area (Å²) in [4.78, 5) is 2.42. The van der Waals surface area contributed by atoms with Crippen molar-refractivity contribution in [3.63, 3.8) is 0 Å². The van der Waals surface area contributed by atoms with Crippen LogP contribution in [-0.2, 0) is 18.3 Å². The van der Waals surface area contributed by atoms with Gasteiger partial charge in [-0.05, 0) is 24.5 Å². The predicted molar refractivity (Wildman–Crippen MR) is 100 cm³/mol. The number of ether oxygens (including phenoxy) is 1. The van der Waals surface area contributed by atoms with Gasteiger partial charge in [-0.1, -0.05) is 41.6 Å². The van der Waals surface area contributed by atoms with Crippen molar-refractivity contribution in [2.24, 2.45) is 7.05 Å². The molecule has 0 spiro atoms. The highest BCUT2D eigenvalue weighted by molar-refractivity contribution is 7.99. The summed E-state index contributed by atoms with van der Waals surface area (Å²) in [5.41, 5.74) is 1.18. The van der Waals surface area contributed by atoms with Gasteiger partial charge in [-0.15, -0.1) is 10.2 Å². The molecule has 134 valence electrons. The van der Waals surface area contributed by atoms with E-state index in [1.807, 2.05) is 18.2 Å². The van der Waals surface area contributed by atoms with Crippen LogP contribution in [0.4, 0.5) is 0 Å². The molecule has 1 aliphatic carbocycles. The van der Waals surface area contributed by atoms with E-state index in [9.17, 15) is 0 Å². The molecule has 2 heterocycles. The van der Waals surface area contributed by atoms with Gasteiger partial charge >= 0.3 is 0 Å². The van der Waals surface area contributed by atoms with E-state index in [0.717, 1.165) is 48.0 Å². The molecular formula is C18H23ClN4OS. The fourth-order valence-electron chi connectivity index (χ4n) is 3.21. The summed E-state index contributed by atoms with van der Waals surface area (Å²) in [5, 5.41) is 10.5. The zero-order chi connectivity index (χ0) is 17.2. The topological polar surface area (TPSA) is 43.2 Å². The van der Waals surface area contributed by atoms with E-state index in [4.69, 9.17) is 16.3 Å². The van der Waals surface area contributed by atoms with Gasteiger partial charge in [0.15, 0.2) is 5.16 Å². The van der Waals surface area contributed by atoms with Crippen LogP contribution in [0.15, 0.2) is 29.4 Å². The first-order chi connectivity index (χ1) is 12.2. The molecule has 1 saturated heterocycles. The quantitative estimate of drug-likeness (QED) is 0.721. The van der Waals surface area contributed by atoms with Crippen LogP contribution in [0.2, 0.25) is 5.02 Å². The fourth-order valence-corrected chi connectivity index (χ4v) is 4.33. The van der Waals surface area contributed by atoms with Crippen LogP contribution in [0.1, 0.15) is 30.1 Å². The maximum Gasteiger partial charge on any atom is 0.191 e. The van der Waals surface area contributed by atoms with E-state index in [1.165, 1.54) is 18.4 Å². The van der Waals surface area contributed by atoms with Crippen molar-refractivity contribution >= 4 is 23.4 Å². The molecule has 1 atom stereocenters. The Bertz CT molecular complexity index is 734. The largest absolute Gasteiger partial charge is 0.375 e. The molecule has 0 amide bonds. The number of hydrogen-bond acceptors (Lipinski definition) is 5. The third-order valence-electron chi connectivity index (χ3n) is 4.78. The van der Waals surface area contributed by atoms with Crippen LogP contribution in [-0.4, -0.2) is 51.2 Å². The molecule has 0 N–H and O–H groups in total. The van der Waals surface area contributed by atoms with Crippen molar-refractivity contribution in [2.45, 2.75) is 36.6 Å². The lowest BCUT2D eigenvalue weighted by atomic mass is 10.2. The molecule has 1 saturated carbocycles. The molecule has 1 aliphatic heterocycles. The van der Waals surface area contributed by atoms with Crippen LogP contribution in [0, 0.1) is 0 Å². The Morgan fingerprint density at radius 1 is 1.28 bits per heavy atom. The molecule has 0 radical (unpaired) electrons. The van der Waals surface area contributed by atoms with E-state index in [-0.39, 0.29) is 6.10 Å². The Hall–Kier alpha value is -1.08. The normalized spacial score (nSPS) is 21.6. The van der Waals surface area contributed by atoms with Crippen molar-refractivity contribution in [1.82, 2.24) is 19.7 Å². The number of rotatable bonds is 6. The molecule has 0 bridgehead atoms. The monoisotopic (exact) mass is 378 g/mol. The SMILES string of the molecule is Cn1c(SC[C@@H]2CN(Cc3ccccc3Cl)CCO2)nnc1C1CC1. The molecule has 5 nitrogen and oxygen atoms in total. The second kappa shape index (κ2) is 7.66. The summed E-state index contributed by atoms with van der Waals surface area (Å²) in [6.45, 7) is 3.51. The molecular weight excluding hydrogens is 356 g/mol. The Morgan fingerprint density at radius 3 is 2.92 bits per heavy atom. The van der Waals surface area contributed by atoms with E-state index < -0.39 is 0 Å². The van der Waals surface area contributed by atoms with E-state index in [2.05, 4.69) is 32.8 Å². The van der Waals surface area contributed by atoms with Crippen LogP contribution in [0.25, 0.3) is 0 Å². The van der Waals surface area contributed by atoms with Gasteiger partial charge in [0.1, 0.15) is 5.82 Å². The Kier molecular flexibility index (Phi) is 5.31. The number of morpholine rings is 1.